The summed E-state index contributed by atoms with van der Waals surface area (Å²) in [6.07, 6.45) is 0.324. The van der Waals surface area contributed by atoms with E-state index < -0.39 is 6.10 Å². The molecule has 0 aliphatic rings. The molecule has 0 aliphatic carbocycles. The second-order valence-corrected chi connectivity index (χ2v) is 5.12. The summed E-state index contributed by atoms with van der Waals surface area (Å²) in [7, 11) is 0. The molecule has 0 aliphatic heterocycles. The molecule has 0 saturated heterocycles. The van der Waals surface area contributed by atoms with Crippen molar-refractivity contribution in [1.82, 2.24) is 0 Å². The Labute approximate surface area is 126 Å². The van der Waals surface area contributed by atoms with Gasteiger partial charge in [0.05, 0.1) is 12.7 Å². The number of aliphatic hydroxyl groups excluding tert-OH is 1. The Hall–Kier alpha value is -1.84. The molecule has 0 fully saturated rings. The lowest BCUT2D eigenvalue weighted by Crippen LogP contribution is -2.20. The molecule has 0 bridgehead atoms. The van der Waals surface area contributed by atoms with Crippen molar-refractivity contribution in [3.05, 3.63) is 65.7 Å². The van der Waals surface area contributed by atoms with Crippen LogP contribution in [0.3, 0.4) is 0 Å². The van der Waals surface area contributed by atoms with Crippen molar-refractivity contribution >= 4 is 0 Å². The number of hydrogen-bond donors (Lipinski definition) is 2. The van der Waals surface area contributed by atoms with E-state index in [1.54, 1.807) is 0 Å². The van der Waals surface area contributed by atoms with Crippen LogP contribution in [0.5, 0.6) is 5.75 Å². The molecular weight excluding hydrogens is 262 g/mol. The fourth-order valence-electron chi connectivity index (χ4n) is 2.39. The largest absolute Gasteiger partial charge is 0.494 e. The van der Waals surface area contributed by atoms with Crippen LogP contribution >= 0.6 is 0 Å². The lowest BCUT2D eigenvalue weighted by molar-refractivity contribution is 0.147. The molecule has 3 heteroatoms. The number of nitrogens with two attached hydrogens (primary N) is 1. The fourth-order valence-corrected chi connectivity index (χ4v) is 2.39. The van der Waals surface area contributed by atoms with Gasteiger partial charge >= 0.3 is 0 Å². The maximum Gasteiger partial charge on any atom is 0.119 e. The maximum atomic E-state index is 10.6. The molecule has 0 saturated carbocycles. The normalized spacial score (nSPS) is 13.7. The zero-order chi connectivity index (χ0) is 15.1. The monoisotopic (exact) mass is 285 g/mol. The van der Waals surface area contributed by atoms with Gasteiger partial charge in [0.2, 0.25) is 0 Å². The van der Waals surface area contributed by atoms with Gasteiger partial charge in [-0.25, -0.2) is 0 Å². The van der Waals surface area contributed by atoms with Gasteiger partial charge in [0.25, 0.3) is 0 Å². The first-order chi connectivity index (χ1) is 10.3. The van der Waals surface area contributed by atoms with Gasteiger partial charge < -0.3 is 15.6 Å². The second-order valence-electron chi connectivity index (χ2n) is 5.12. The van der Waals surface area contributed by atoms with E-state index in [4.69, 9.17) is 10.5 Å². The van der Waals surface area contributed by atoms with E-state index in [0.29, 0.717) is 13.2 Å². The zero-order valence-corrected chi connectivity index (χ0v) is 12.4. The second kappa shape index (κ2) is 7.81. The van der Waals surface area contributed by atoms with E-state index in [-0.39, 0.29) is 5.92 Å². The standard InChI is InChI=1S/C18H23NO2/c1-2-11-21-16-10-6-9-15(12-16)18(20)17(13-19)14-7-4-3-5-8-14/h3-10,12,17-18,20H,2,11,13,19H2,1H3. The molecule has 3 N–H and O–H groups in total. The zero-order valence-electron chi connectivity index (χ0n) is 12.4. The van der Waals surface area contributed by atoms with E-state index >= 15 is 0 Å². The number of aliphatic hydroxyl groups is 1. The van der Waals surface area contributed by atoms with Gasteiger partial charge in [-0.05, 0) is 29.7 Å². The SMILES string of the molecule is CCCOc1cccc(C(O)C(CN)c2ccccc2)c1. The van der Waals surface area contributed by atoms with Crippen LogP contribution in [-0.2, 0) is 0 Å². The van der Waals surface area contributed by atoms with Crippen molar-refractivity contribution in [3.8, 4) is 5.75 Å². The molecule has 2 atom stereocenters. The summed E-state index contributed by atoms with van der Waals surface area (Å²) in [6.45, 7) is 3.14. The average molecular weight is 285 g/mol. The van der Waals surface area contributed by atoms with Crippen molar-refractivity contribution < 1.29 is 9.84 Å². The molecular formula is C18H23NO2. The molecule has 0 heterocycles. The molecule has 21 heavy (non-hydrogen) atoms. The summed E-state index contributed by atoms with van der Waals surface area (Å²) >= 11 is 0. The number of rotatable bonds is 7. The molecule has 2 rings (SSSR count). The van der Waals surface area contributed by atoms with E-state index in [1.807, 2.05) is 54.6 Å². The maximum absolute atomic E-state index is 10.6. The van der Waals surface area contributed by atoms with Gasteiger partial charge in [0, 0.05) is 12.5 Å². The van der Waals surface area contributed by atoms with Crippen LogP contribution in [0.15, 0.2) is 54.6 Å². The Morgan fingerprint density at radius 1 is 1.05 bits per heavy atom. The van der Waals surface area contributed by atoms with E-state index in [1.165, 1.54) is 0 Å². The number of benzene rings is 2. The van der Waals surface area contributed by atoms with Crippen LogP contribution < -0.4 is 10.5 Å². The predicted molar refractivity (Wildman–Crippen MR) is 85.4 cm³/mol. The first-order valence-electron chi connectivity index (χ1n) is 7.42. The molecule has 0 amide bonds. The van der Waals surface area contributed by atoms with Crippen molar-refractivity contribution in [2.24, 2.45) is 5.73 Å². The van der Waals surface area contributed by atoms with Gasteiger partial charge in [0.1, 0.15) is 5.75 Å². The first-order valence-corrected chi connectivity index (χ1v) is 7.42. The third-order valence-electron chi connectivity index (χ3n) is 3.54. The van der Waals surface area contributed by atoms with Crippen LogP contribution in [0.4, 0.5) is 0 Å². The quantitative estimate of drug-likeness (QED) is 0.821. The van der Waals surface area contributed by atoms with Crippen LogP contribution in [0.1, 0.15) is 36.5 Å². The summed E-state index contributed by atoms with van der Waals surface area (Å²) in [5, 5.41) is 10.6. The molecule has 0 spiro atoms. The molecule has 2 aromatic carbocycles. The average Bonchev–Trinajstić information content (AvgIpc) is 2.55. The summed E-state index contributed by atoms with van der Waals surface area (Å²) in [4.78, 5) is 0. The van der Waals surface area contributed by atoms with Gasteiger partial charge in [-0.1, -0.05) is 49.4 Å². The number of ether oxygens (including phenoxy) is 1. The Balaban J connectivity index is 2.19. The van der Waals surface area contributed by atoms with Gasteiger partial charge in [-0.3, -0.25) is 0 Å². The van der Waals surface area contributed by atoms with Crippen LogP contribution in [0, 0.1) is 0 Å². The van der Waals surface area contributed by atoms with Gasteiger partial charge in [-0.2, -0.15) is 0 Å². The minimum Gasteiger partial charge on any atom is -0.494 e. The van der Waals surface area contributed by atoms with Crippen molar-refractivity contribution in [1.29, 1.82) is 0 Å². The summed E-state index contributed by atoms with van der Waals surface area (Å²) in [5.74, 6) is 0.671. The Morgan fingerprint density at radius 2 is 1.76 bits per heavy atom. The topological polar surface area (TPSA) is 55.5 Å². The van der Waals surface area contributed by atoms with Crippen LogP contribution in [0.25, 0.3) is 0 Å². The highest BCUT2D eigenvalue weighted by Crippen LogP contribution is 2.31. The first kappa shape index (κ1) is 15.5. The van der Waals surface area contributed by atoms with Gasteiger partial charge in [-0.15, -0.1) is 0 Å². The van der Waals surface area contributed by atoms with E-state index in [9.17, 15) is 5.11 Å². The molecule has 3 nitrogen and oxygen atoms in total. The molecule has 0 aromatic heterocycles. The third kappa shape index (κ3) is 4.06. The molecule has 0 radical (unpaired) electrons. The summed E-state index contributed by atoms with van der Waals surface area (Å²) in [5.41, 5.74) is 7.75. The van der Waals surface area contributed by atoms with E-state index in [0.717, 1.165) is 23.3 Å². The fraction of sp³-hybridized carbons (Fsp3) is 0.333. The highest BCUT2D eigenvalue weighted by atomic mass is 16.5. The minimum atomic E-state index is -0.637. The van der Waals surface area contributed by atoms with Crippen LogP contribution in [-0.4, -0.2) is 18.3 Å². The smallest absolute Gasteiger partial charge is 0.119 e. The van der Waals surface area contributed by atoms with Crippen molar-refractivity contribution in [3.63, 3.8) is 0 Å². The summed E-state index contributed by atoms with van der Waals surface area (Å²) < 4.78 is 5.62. The Morgan fingerprint density at radius 3 is 2.43 bits per heavy atom. The third-order valence-corrected chi connectivity index (χ3v) is 3.54. The minimum absolute atomic E-state index is 0.118. The van der Waals surface area contributed by atoms with Crippen molar-refractivity contribution in [2.75, 3.05) is 13.2 Å². The summed E-state index contributed by atoms with van der Waals surface area (Å²) in [6, 6.07) is 17.5. The number of hydrogen-bond acceptors (Lipinski definition) is 3. The highest BCUT2D eigenvalue weighted by Gasteiger charge is 2.21. The van der Waals surface area contributed by atoms with E-state index in [2.05, 4.69) is 6.92 Å². The Bertz CT molecular complexity index is 542. The lowest BCUT2D eigenvalue weighted by Gasteiger charge is -2.22. The van der Waals surface area contributed by atoms with Crippen LogP contribution in [0.2, 0.25) is 0 Å². The Kier molecular flexibility index (Phi) is 5.78. The highest BCUT2D eigenvalue weighted by molar-refractivity contribution is 5.33. The van der Waals surface area contributed by atoms with Crippen molar-refractivity contribution in [2.45, 2.75) is 25.4 Å². The molecule has 2 aromatic rings. The van der Waals surface area contributed by atoms with Gasteiger partial charge in [0.15, 0.2) is 0 Å². The lowest BCUT2D eigenvalue weighted by atomic mass is 9.89. The predicted octanol–water partition coefficient (Wildman–Crippen LogP) is 3.25. The molecule has 112 valence electrons. The molecule has 2 unspecified atom stereocenters.